The maximum absolute atomic E-state index is 4.19. The van der Waals surface area contributed by atoms with Crippen molar-refractivity contribution in [1.82, 2.24) is 5.32 Å². The maximum Gasteiger partial charge on any atom is 0.0298 e. The Labute approximate surface area is 81.6 Å². The predicted molar refractivity (Wildman–Crippen MR) is 56.7 cm³/mol. The molecule has 0 spiro atoms. The van der Waals surface area contributed by atoms with Gasteiger partial charge < -0.3 is 5.32 Å². The van der Waals surface area contributed by atoms with E-state index in [0.717, 1.165) is 12.5 Å². The summed E-state index contributed by atoms with van der Waals surface area (Å²) in [7, 11) is 0. The zero-order valence-corrected chi connectivity index (χ0v) is 9.11. The average Bonchev–Trinajstić information content (AvgIpc) is 2.51. The number of hydrogen-bond acceptors (Lipinski definition) is 1. The molecule has 0 amide bonds. The highest BCUT2D eigenvalue weighted by molar-refractivity contribution is 5.25. The van der Waals surface area contributed by atoms with E-state index in [0.29, 0.717) is 11.0 Å². The van der Waals surface area contributed by atoms with Crippen molar-refractivity contribution in [2.45, 2.75) is 45.6 Å². The van der Waals surface area contributed by atoms with E-state index < -0.39 is 0 Å². The fourth-order valence-corrected chi connectivity index (χ4v) is 3.33. The van der Waals surface area contributed by atoms with Crippen LogP contribution in [0.4, 0.5) is 0 Å². The molecule has 1 heteroatoms. The van der Waals surface area contributed by atoms with Crippen LogP contribution in [-0.2, 0) is 0 Å². The van der Waals surface area contributed by atoms with Crippen LogP contribution < -0.4 is 5.32 Å². The minimum atomic E-state index is 0.365. The Bertz CT molecular complexity index is 236. The summed E-state index contributed by atoms with van der Waals surface area (Å²) in [5, 5.41) is 3.72. The molecule has 0 bridgehead atoms. The van der Waals surface area contributed by atoms with Crippen LogP contribution in [0, 0.1) is 11.3 Å². The molecule has 2 fully saturated rings. The summed E-state index contributed by atoms with van der Waals surface area (Å²) in [5.41, 5.74) is 2.17. The fraction of sp³-hybridized carbons (Fsp3) is 0.833. The van der Waals surface area contributed by atoms with Gasteiger partial charge >= 0.3 is 0 Å². The number of hydrogen-bond donors (Lipinski definition) is 1. The first-order valence-corrected chi connectivity index (χ1v) is 5.40. The second-order valence-corrected chi connectivity index (χ2v) is 5.68. The van der Waals surface area contributed by atoms with E-state index >= 15 is 0 Å². The van der Waals surface area contributed by atoms with Crippen LogP contribution in [-0.4, -0.2) is 12.1 Å². The molecule has 0 aromatic heterocycles. The van der Waals surface area contributed by atoms with E-state index in [-0.39, 0.29) is 0 Å². The SMILES string of the molecule is C=C1CNC2(C(C)(C)C)CCCC12. The summed E-state index contributed by atoms with van der Waals surface area (Å²) < 4.78 is 0. The summed E-state index contributed by atoms with van der Waals surface area (Å²) in [4.78, 5) is 0. The standard InChI is InChI=1S/C12H21N/c1-9-8-13-12(11(2,3)4)7-5-6-10(9)12/h10,13H,1,5-8H2,2-4H3. The average molecular weight is 179 g/mol. The van der Waals surface area contributed by atoms with Gasteiger partial charge in [-0.05, 0) is 24.2 Å². The lowest BCUT2D eigenvalue weighted by Crippen LogP contribution is -2.52. The van der Waals surface area contributed by atoms with E-state index in [4.69, 9.17) is 0 Å². The quantitative estimate of drug-likeness (QED) is 0.564. The molecule has 1 saturated carbocycles. The van der Waals surface area contributed by atoms with Gasteiger partial charge in [0.15, 0.2) is 0 Å². The zero-order chi connectivity index (χ0) is 9.69. The minimum Gasteiger partial charge on any atom is -0.306 e. The van der Waals surface area contributed by atoms with Crippen LogP contribution in [0.2, 0.25) is 0 Å². The molecule has 2 atom stereocenters. The third-order valence-electron chi connectivity index (χ3n) is 4.12. The smallest absolute Gasteiger partial charge is 0.0298 e. The van der Waals surface area contributed by atoms with Gasteiger partial charge in [-0.1, -0.05) is 39.3 Å². The van der Waals surface area contributed by atoms with Gasteiger partial charge in [-0.2, -0.15) is 0 Å². The van der Waals surface area contributed by atoms with Crippen LogP contribution in [0.15, 0.2) is 12.2 Å². The highest BCUT2D eigenvalue weighted by Crippen LogP contribution is 2.52. The Hall–Kier alpha value is -0.300. The van der Waals surface area contributed by atoms with Crippen molar-refractivity contribution in [1.29, 1.82) is 0 Å². The topological polar surface area (TPSA) is 12.0 Å². The molecule has 1 nitrogen and oxygen atoms in total. The molecular formula is C12H21N. The first kappa shape index (κ1) is 9.26. The van der Waals surface area contributed by atoms with Crippen molar-refractivity contribution in [3.05, 3.63) is 12.2 Å². The van der Waals surface area contributed by atoms with E-state index in [1.54, 1.807) is 0 Å². The molecule has 0 aromatic rings. The Kier molecular flexibility index (Phi) is 1.85. The van der Waals surface area contributed by atoms with Crippen LogP contribution in [0.3, 0.4) is 0 Å². The van der Waals surface area contributed by atoms with E-state index in [9.17, 15) is 0 Å². The lowest BCUT2D eigenvalue weighted by molar-refractivity contribution is 0.138. The van der Waals surface area contributed by atoms with Crippen molar-refractivity contribution < 1.29 is 0 Å². The summed E-state index contributed by atoms with van der Waals surface area (Å²) in [6.45, 7) is 12.3. The van der Waals surface area contributed by atoms with Crippen molar-refractivity contribution in [3.63, 3.8) is 0 Å². The van der Waals surface area contributed by atoms with Crippen LogP contribution in [0.25, 0.3) is 0 Å². The second-order valence-electron chi connectivity index (χ2n) is 5.68. The van der Waals surface area contributed by atoms with Gasteiger partial charge in [-0.25, -0.2) is 0 Å². The number of fused-ring (bicyclic) bond motifs is 1. The van der Waals surface area contributed by atoms with Crippen molar-refractivity contribution in [2.75, 3.05) is 6.54 Å². The molecule has 2 aliphatic rings. The second kappa shape index (κ2) is 2.60. The lowest BCUT2D eigenvalue weighted by atomic mass is 9.68. The van der Waals surface area contributed by atoms with Crippen LogP contribution in [0.5, 0.6) is 0 Å². The fourth-order valence-electron chi connectivity index (χ4n) is 3.33. The van der Waals surface area contributed by atoms with E-state index in [2.05, 4.69) is 32.7 Å². The number of rotatable bonds is 0. The Morgan fingerprint density at radius 2 is 2.15 bits per heavy atom. The highest BCUT2D eigenvalue weighted by Gasteiger charge is 2.54. The first-order chi connectivity index (χ1) is 5.97. The van der Waals surface area contributed by atoms with Crippen molar-refractivity contribution in [2.24, 2.45) is 11.3 Å². The van der Waals surface area contributed by atoms with Gasteiger partial charge in [0, 0.05) is 12.1 Å². The minimum absolute atomic E-state index is 0.365. The van der Waals surface area contributed by atoms with Gasteiger partial charge in [0.1, 0.15) is 0 Å². The summed E-state index contributed by atoms with van der Waals surface area (Å²) in [6, 6.07) is 0. The van der Waals surface area contributed by atoms with Crippen LogP contribution >= 0.6 is 0 Å². The summed E-state index contributed by atoms with van der Waals surface area (Å²) in [5.74, 6) is 0.743. The Balaban J connectivity index is 2.36. The molecule has 13 heavy (non-hydrogen) atoms. The number of nitrogens with one attached hydrogen (secondary N) is 1. The lowest BCUT2D eigenvalue weighted by Gasteiger charge is -2.42. The third kappa shape index (κ3) is 1.10. The highest BCUT2D eigenvalue weighted by atomic mass is 15.1. The molecule has 74 valence electrons. The molecule has 2 rings (SSSR count). The van der Waals surface area contributed by atoms with E-state index in [1.165, 1.54) is 24.8 Å². The van der Waals surface area contributed by atoms with Gasteiger partial charge in [-0.15, -0.1) is 0 Å². The largest absolute Gasteiger partial charge is 0.306 e. The molecule has 1 saturated heterocycles. The molecule has 2 unspecified atom stereocenters. The summed E-state index contributed by atoms with van der Waals surface area (Å²) in [6.07, 6.45) is 4.05. The Morgan fingerprint density at radius 1 is 1.46 bits per heavy atom. The molecule has 0 radical (unpaired) electrons. The summed E-state index contributed by atoms with van der Waals surface area (Å²) >= 11 is 0. The van der Waals surface area contributed by atoms with Crippen LogP contribution in [0.1, 0.15) is 40.0 Å². The molecule has 1 aliphatic carbocycles. The van der Waals surface area contributed by atoms with E-state index in [1.807, 2.05) is 0 Å². The molecule has 1 heterocycles. The molecule has 0 aromatic carbocycles. The third-order valence-corrected chi connectivity index (χ3v) is 4.12. The molecule has 1 N–H and O–H groups in total. The predicted octanol–water partition coefficient (Wildman–Crippen LogP) is 2.73. The van der Waals surface area contributed by atoms with Crippen molar-refractivity contribution in [3.8, 4) is 0 Å². The van der Waals surface area contributed by atoms with Gasteiger partial charge in [0.2, 0.25) is 0 Å². The maximum atomic E-state index is 4.19. The first-order valence-electron chi connectivity index (χ1n) is 5.40. The monoisotopic (exact) mass is 179 g/mol. The van der Waals surface area contributed by atoms with Crippen molar-refractivity contribution >= 4 is 0 Å². The van der Waals surface area contributed by atoms with Gasteiger partial charge in [0.05, 0.1) is 0 Å². The zero-order valence-electron chi connectivity index (χ0n) is 9.11. The molecule has 1 aliphatic heterocycles. The Morgan fingerprint density at radius 3 is 2.69 bits per heavy atom. The van der Waals surface area contributed by atoms with Gasteiger partial charge in [-0.3, -0.25) is 0 Å². The van der Waals surface area contributed by atoms with Gasteiger partial charge in [0.25, 0.3) is 0 Å². The normalized spacial score (nSPS) is 39.6. The molecular weight excluding hydrogens is 158 g/mol.